The second-order valence-corrected chi connectivity index (χ2v) is 10.4. The van der Waals surface area contributed by atoms with Gasteiger partial charge in [0.05, 0.1) is 11.6 Å². The fraction of sp³-hybridized carbons (Fsp3) is 0.577. The van der Waals surface area contributed by atoms with E-state index in [0.717, 1.165) is 48.6 Å². The Morgan fingerprint density at radius 3 is 2.62 bits per heavy atom. The normalized spacial score (nSPS) is 22.9. The van der Waals surface area contributed by atoms with Gasteiger partial charge in [-0.1, -0.05) is 30.7 Å². The first-order chi connectivity index (χ1) is 15.4. The highest BCUT2D eigenvalue weighted by molar-refractivity contribution is 6.33. The van der Waals surface area contributed by atoms with Crippen molar-refractivity contribution in [1.29, 1.82) is 0 Å². The zero-order valence-electron chi connectivity index (χ0n) is 19.6. The van der Waals surface area contributed by atoms with Crippen LogP contribution in [0.25, 0.3) is 11.1 Å². The number of hydrogen-bond donors (Lipinski definition) is 3. The number of hydrogen-bond acceptors (Lipinski definition) is 5. The van der Waals surface area contributed by atoms with Crippen molar-refractivity contribution in [3.8, 4) is 11.1 Å². The van der Waals surface area contributed by atoms with Crippen LogP contribution < -0.4 is 16.0 Å². The van der Waals surface area contributed by atoms with Crippen LogP contribution in [0.3, 0.4) is 0 Å². The highest BCUT2D eigenvalue weighted by Crippen LogP contribution is 2.44. The number of nitrogens with one attached hydrogen (secondary N) is 3. The van der Waals surface area contributed by atoms with Crippen LogP contribution in [0.2, 0.25) is 5.02 Å². The summed E-state index contributed by atoms with van der Waals surface area (Å²) >= 11 is 6.55. The number of aromatic nitrogens is 1. The third kappa shape index (κ3) is 6.37. The largest absolute Gasteiger partial charge is 0.384 e. The molecule has 1 aromatic carbocycles. The van der Waals surface area contributed by atoms with Crippen molar-refractivity contribution in [1.82, 2.24) is 10.3 Å². The van der Waals surface area contributed by atoms with E-state index in [1.165, 1.54) is 25.7 Å². The molecule has 2 aromatic rings. The molecule has 2 saturated carbocycles. The maximum atomic E-state index is 6.55. The third-order valence-corrected chi connectivity index (χ3v) is 7.17. The topological polar surface area (TPSA) is 58.2 Å². The maximum Gasteiger partial charge on any atom is 0.126 e. The summed E-state index contributed by atoms with van der Waals surface area (Å²) in [5.41, 5.74) is 3.75. The minimum Gasteiger partial charge on any atom is -0.384 e. The Kier molecular flexibility index (Phi) is 7.59. The van der Waals surface area contributed by atoms with Gasteiger partial charge in [-0.25, -0.2) is 4.98 Å². The molecule has 0 radical (unpaired) electrons. The molecule has 32 heavy (non-hydrogen) atoms. The van der Waals surface area contributed by atoms with Gasteiger partial charge in [-0.15, -0.1) is 0 Å². The van der Waals surface area contributed by atoms with Crippen molar-refractivity contribution in [3.63, 3.8) is 0 Å². The molecule has 2 aliphatic rings. The quantitative estimate of drug-likeness (QED) is 0.411. The van der Waals surface area contributed by atoms with Crippen LogP contribution in [-0.2, 0) is 4.74 Å². The lowest BCUT2D eigenvalue weighted by Crippen LogP contribution is -2.42. The first kappa shape index (κ1) is 23.3. The molecule has 0 aliphatic heterocycles. The molecule has 1 aromatic heterocycles. The Morgan fingerprint density at radius 2 is 1.91 bits per heavy atom. The van der Waals surface area contributed by atoms with Crippen molar-refractivity contribution in [2.45, 2.75) is 70.5 Å². The molecule has 6 heteroatoms. The molecule has 0 unspecified atom stereocenters. The lowest BCUT2D eigenvalue weighted by molar-refractivity contribution is 0.161. The monoisotopic (exact) mass is 456 g/mol. The number of benzene rings is 1. The Bertz CT molecular complexity index is 893. The van der Waals surface area contributed by atoms with Crippen molar-refractivity contribution in [2.75, 3.05) is 30.9 Å². The first-order valence-electron chi connectivity index (χ1n) is 12.0. The van der Waals surface area contributed by atoms with Gasteiger partial charge in [0.2, 0.25) is 0 Å². The van der Waals surface area contributed by atoms with Crippen LogP contribution in [-0.4, -0.2) is 43.4 Å². The molecule has 3 N–H and O–H groups in total. The average Bonchev–Trinajstić information content (AvgIpc) is 3.53. The maximum absolute atomic E-state index is 6.55. The summed E-state index contributed by atoms with van der Waals surface area (Å²) in [7, 11) is 1.76. The van der Waals surface area contributed by atoms with Crippen LogP contribution in [0.15, 0.2) is 36.5 Å². The van der Waals surface area contributed by atoms with Gasteiger partial charge >= 0.3 is 0 Å². The molecule has 1 heterocycles. The smallest absolute Gasteiger partial charge is 0.126 e. The molecule has 2 aliphatic carbocycles. The minimum atomic E-state index is 0.396. The van der Waals surface area contributed by atoms with Gasteiger partial charge in [0.25, 0.3) is 0 Å². The molecular formula is C26H37ClN4O. The van der Waals surface area contributed by atoms with Gasteiger partial charge in [0.15, 0.2) is 0 Å². The molecule has 4 rings (SSSR count). The van der Waals surface area contributed by atoms with Gasteiger partial charge in [-0.2, -0.15) is 0 Å². The van der Waals surface area contributed by atoms with Crippen LogP contribution in [0, 0.1) is 5.41 Å². The van der Waals surface area contributed by atoms with E-state index in [2.05, 4.69) is 65.1 Å². The number of anilines is 2. The number of pyridine rings is 1. The predicted octanol–water partition coefficient (Wildman–Crippen LogP) is 5.96. The Balaban J connectivity index is 1.36. The lowest BCUT2D eigenvalue weighted by Gasteiger charge is -2.32. The second-order valence-electron chi connectivity index (χ2n) is 10.0. The first-order valence-corrected chi connectivity index (χ1v) is 12.3. The molecule has 0 saturated heterocycles. The molecule has 5 nitrogen and oxygen atoms in total. The van der Waals surface area contributed by atoms with Crippen molar-refractivity contribution >= 4 is 23.1 Å². The summed E-state index contributed by atoms with van der Waals surface area (Å²) < 4.78 is 5.24. The van der Waals surface area contributed by atoms with Gasteiger partial charge < -0.3 is 20.7 Å². The fourth-order valence-electron chi connectivity index (χ4n) is 4.56. The summed E-state index contributed by atoms with van der Waals surface area (Å²) in [5, 5.41) is 11.6. The van der Waals surface area contributed by atoms with Gasteiger partial charge in [-0.05, 0) is 74.6 Å². The zero-order chi connectivity index (χ0) is 22.6. The highest BCUT2D eigenvalue weighted by Gasteiger charge is 2.36. The van der Waals surface area contributed by atoms with Crippen LogP contribution in [0.5, 0.6) is 0 Å². The Morgan fingerprint density at radius 1 is 1.16 bits per heavy atom. The van der Waals surface area contributed by atoms with Gasteiger partial charge in [-0.3, -0.25) is 0 Å². The predicted molar refractivity (Wildman–Crippen MR) is 135 cm³/mol. The summed E-state index contributed by atoms with van der Waals surface area (Å²) in [6.45, 7) is 6.30. The zero-order valence-corrected chi connectivity index (χ0v) is 20.3. The van der Waals surface area contributed by atoms with Crippen LogP contribution in [0.1, 0.15) is 52.4 Å². The number of ether oxygens (including phenoxy) is 1. The van der Waals surface area contributed by atoms with Gasteiger partial charge in [0.1, 0.15) is 5.82 Å². The molecule has 1 atom stereocenters. The standard InChI is InChI=1S/C26H37ClN4O/c1-18(16-32-3)30-20-7-9-21(10-8-20)31-25-14-23(24(27)15-28-25)19-5-4-6-22(13-19)29-17-26(2)11-12-26/h4-6,13-15,18,20-21,29-30H,7-12,16-17H2,1-3H3,(H,28,31)/t18-,20-,21-/m1/s1. The van der Waals surface area contributed by atoms with E-state index in [4.69, 9.17) is 16.3 Å². The fourth-order valence-corrected chi connectivity index (χ4v) is 4.77. The minimum absolute atomic E-state index is 0.396. The lowest BCUT2D eigenvalue weighted by atomic mass is 9.90. The molecular weight excluding hydrogens is 420 g/mol. The van der Waals surface area contributed by atoms with Gasteiger partial charge in [0, 0.05) is 49.2 Å². The number of halogens is 1. The number of methoxy groups -OCH3 is 1. The van der Waals surface area contributed by atoms with Crippen molar-refractivity contribution in [2.24, 2.45) is 5.41 Å². The average molecular weight is 457 g/mol. The molecule has 2 fully saturated rings. The van der Waals surface area contributed by atoms with Crippen LogP contribution in [0.4, 0.5) is 11.5 Å². The summed E-state index contributed by atoms with van der Waals surface area (Å²) in [4.78, 5) is 4.56. The molecule has 0 amide bonds. The van der Waals surface area contributed by atoms with Crippen molar-refractivity contribution in [3.05, 3.63) is 41.6 Å². The second kappa shape index (κ2) is 10.4. The van der Waals surface area contributed by atoms with E-state index >= 15 is 0 Å². The Labute approximate surface area is 197 Å². The van der Waals surface area contributed by atoms with Crippen LogP contribution >= 0.6 is 11.6 Å². The van der Waals surface area contributed by atoms with E-state index in [0.29, 0.717) is 28.6 Å². The van der Waals surface area contributed by atoms with Crippen molar-refractivity contribution < 1.29 is 4.74 Å². The van der Waals surface area contributed by atoms with E-state index in [1.807, 2.05) is 0 Å². The van der Waals surface area contributed by atoms with E-state index in [1.54, 1.807) is 13.3 Å². The number of rotatable bonds is 10. The highest BCUT2D eigenvalue weighted by atomic mass is 35.5. The molecule has 0 bridgehead atoms. The van der Waals surface area contributed by atoms with E-state index in [-0.39, 0.29) is 0 Å². The Hall–Kier alpha value is -1.82. The molecule has 174 valence electrons. The SMILES string of the molecule is COC[C@@H](C)N[C@H]1CC[C@H](Nc2cc(-c3cccc(NCC4(C)CC4)c3)c(Cl)cn2)CC1. The van der Waals surface area contributed by atoms with E-state index in [9.17, 15) is 0 Å². The molecule has 0 spiro atoms. The summed E-state index contributed by atoms with van der Waals surface area (Å²) in [6.07, 6.45) is 9.00. The summed E-state index contributed by atoms with van der Waals surface area (Å²) in [6, 6.07) is 12.0. The third-order valence-electron chi connectivity index (χ3n) is 6.87. The summed E-state index contributed by atoms with van der Waals surface area (Å²) in [5.74, 6) is 0.900. The van der Waals surface area contributed by atoms with E-state index < -0.39 is 0 Å². The number of nitrogens with zero attached hydrogens (tertiary/aromatic N) is 1.